The van der Waals surface area contributed by atoms with Gasteiger partial charge in [-0.2, -0.15) is 13.2 Å². The monoisotopic (exact) mass is 371 g/mol. The molecule has 136 valence electrons. The van der Waals surface area contributed by atoms with Crippen LogP contribution in [0.15, 0.2) is 48.5 Å². The highest BCUT2D eigenvalue weighted by Crippen LogP contribution is 2.45. The molecule has 0 saturated heterocycles. The molecule has 0 fully saturated rings. The third kappa shape index (κ3) is 4.79. The second-order valence-corrected chi connectivity index (χ2v) is 7.18. The summed E-state index contributed by atoms with van der Waals surface area (Å²) in [7, 11) is -2.49. The molecular weight excluding hydrogens is 350 g/mol. The van der Waals surface area contributed by atoms with Gasteiger partial charge in [-0.05, 0) is 44.0 Å². The van der Waals surface area contributed by atoms with E-state index in [4.69, 9.17) is 0 Å². The van der Waals surface area contributed by atoms with Crippen molar-refractivity contribution in [3.8, 4) is 0 Å². The van der Waals surface area contributed by atoms with Crippen molar-refractivity contribution in [1.29, 1.82) is 0 Å². The molecular formula is C18H21F3NO2P. The predicted molar refractivity (Wildman–Crippen MR) is 92.8 cm³/mol. The standard InChI is InChI=1S/C18H21F3NO2P/c1-12(2)22(25(23)24)17(14-7-4-6-13(3)10-14)15-8-5-9-16(11-15)18(19,20)21/h4-12,17,23-24H,1-3H3. The van der Waals surface area contributed by atoms with Crippen molar-refractivity contribution in [3.63, 3.8) is 0 Å². The Hall–Kier alpha value is -1.46. The zero-order chi connectivity index (χ0) is 18.8. The summed E-state index contributed by atoms with van der Waals surface area (Å²) in [4.78, 5) is 19.8. The van der Waals surface area contributed by atoms with Crippen LogP contribution in [0.4, 0.5) is 13.2 Å². The number of hydrogen-bond acceptors (Lipinski definition) is 3. The fraction of sp³-hybridized carbons (Fsp3) is 0.333. The van der Waals surface area contributed by atoms with E-state index >= 15 is 0 Å². The van der Waals surface area contributed by atoms with Crippen molar-refractivity contribution in [3.05, 3.63) is 70.8 Å². The molecule has 0 radical (unpaired) electrons. The lowest BCUT2D eigenvalue weighted by Crippen LogP contribution is -2.31. The number of halogens is 3. The van der Waals surface area contributed by atoms with E-state index in [0.717, 1.165) is 17.7 Å². The van der Waals surface area contributed by atoms with Crippen LogP contribution in [0.25, 0.3) is 0 Å². The summed E-state index contributed by atoms with van der Waals surface area (Å²) in [5, 5.41) is 0. The molecule has 0 amide bonds. The van der Waals surface area contributed by atoms with Crippen molar-refractivity contribution < 1.29 is 23.0 Å². The molecule has 2 rings (SSSR count). The lowest BCUT2D eigenvalue weighted by molar-refractivity contribution is -0.137. The topological polar surface area (TPSA) is 43.7 Å². The van der Waals surface area contributed by atoms with Crippen LogP contribution in [-0.4, -0.2) is 20.5 Å². The van der Waals surface area contributed by atoms with E-state index in [1.807, 2.05) is 19.1 Å². The van der Waals surface area contributed by atoms with Gasteiger partial charge in [-0.1, -0.05) is 42.0 Å². The van der Waals surface area contributed by atoms with Crippen LogP contribution in [0, 0.1) is 6.92 Å². The molecule has 2 N–H and O–H groups in total. The second kappa shape index (κ2) is 7.83. The minimum Gasteiger partial charge on any atom is -0.338 e. The average Bonchev–Trinajstić information content (AvgIpc) is 2.51. The first-order chi connectivity index (χ1) is 11.6. The maximum Gasteiger partial charge on any atom is 0.416 e. The summed E-state index contributed by atoms with van der Waals surface area (Å²) in [6.07, 6.45) is -4.46. The summed E-state index contributed by atoms with van der Waals surface area (Å²) in [5.41, 5.74) is 1.26. The lowest BCUT2D eigenvalue weighted by atomic mass is 9.95. The van der Waals surface area contributed by atoms with Crippen LogP contribution in [0.1, 0.15) is 42.1 Å². The molecule has 0 bridgehead atoms. The average molecular weight is 371 g/mol. The number of alkyl halides is 3. The molecule has 0 aliphatic carbocycles. The summed E-state index contributed by atoms with van der Waals surface area (Å²) in [6, 6.07) is 11.4. The molecule has 2 aromatic rings. The van der Waals surface area contributed by atoms with Gasteiger partial charge < -0.3 is 9.79 Å². The molecule has 0 spiro atoms. The molecule has 1 atom stereocenters. The predicted octanol–water partition coefficient (Wildman–Crippen LogP) is 5.03. The van der Waals surface area contributed by atoms with Gasteiger partial charge in [0.1, 0.15) is 0 Å². The van der Waals surface area contributed by atoms with Gasteiger partial charge >= 0.3 is 6.18 Å². The lowest BCUT2D eigenvalue weighted by Gasteiger charge is -2.35. The smallest absolute Gasteiger partial charge is 0.338 e. The SMILES string of the molecule is Cc1cccc(C(c2cccc(C(F)(F)F)c2)N(C(C)C)P(O)O)c1. The summed E-state index contributed by atoms with van der Waals surface area (Å²) >= 11 is 0. The molecule has 0 saturated carbocycles. The Morgan fingerprint density at radius 2 is 1.52 bits per heavy atom. The van der Waals surface area contributed by atoms with Crippen molar-refractivity contribution >= 4 is 8.53 Å². The first kappa shape index (κ1) is 19.9. The summed E-state index contributed by atoms with van der Waals surface area (Å²) < 4.78 is 40.8. The first-order valence-corrected chi connectivity index (χ1v) is 9.01. The molecule has 0 aromatic heterocycles. The summed E-state index contributed by atoms with van der Waals surface area (Å²) in [6.45, 7) is 5.43. The van der Waals surface area contributed by atoms with Crippen molar-refractivity contribution in [2.75, 3.05) is 0 Å². The zero-order valence-electron chi connectivity index (χ0n) is 14.2. The van der Waals surface area contributed by atoms with Gasteiger partial charge in [0.15, 0.2) is 0 Å². The fourth-order valence-electron chi connectivity index (χ4n) is 2.83. The molecule has 0 aliphatic heterocycles. The van der Waals surface area contributed by atoms with Gasteiger partial charge in [0.2, 0.25) is 0 Å². The molecule has 2 aromatic carbocycles. The van der Waals surface area contributed by atoms with E-state index < -0.39 is 26.3 Å². The first-order valence-electron chi connectivity index (χ1n) is 7.81. The van der Waals surface area contributed by atoms with Gasteiger partial charge in [0, 0.05) is 6.04 Å². The van der Waals surface area contributed by atoms with Gasteiger partial charge in [-0.15, -0.1) is 0 Å². The highest BCUT2D eigenvalue weighted by atomic mass is 31.2. The van der Waals surface area contributed by atoms with Crippen LogP contribution in [0.2, 0.25) is 0 Å². The molecule has 0 heterocycles. The van der Waals surface area contributed by atoms with Gasteiger partial charge in [-0.3, -0.25) is 0 Å². The van der Waals surface area contributed by atoms with E-state index in [2.05, 4.69) is 0 Å². The van der Waals surface area contributed by atoms with E-state index in [9.17, 15) is 23.0 Å². The highest BCUT2D eigenvalue weighted by Gasteiger charge is 2.34. The molecule has 7 heteroatoms. The molecule has 0 aliphatic rings. The Balaban J connectivity index is 2.63. The number of hydrogen-bond donors (Lipinski definition) is 2. The van der Waals surface area contributed by atoms with Crippen LogP contribution >= 0.6 is 8.53 Å². The maximum atomic E-state index is 13.1. The van der Waals surface area contributed by atoms with Crippen LogP contribution in [-0.2, 0) is 6.18 Å². The number of benzene rings is 2. The normalized spacial score (nSPS) is 13.7. The van der Waals surface area contributed by atoms with E-state index in [-0.39, 0.29) is 6.04 Å². The van der Waals surface area contributed by atoms with E-state index in [0.29, 0.717) is 11.1 Å². The Kier molecular flexibility index (Phi) is 6.22. The van der Waals surface area contributed by atoms with Crippen LogP contribution in [0.3, 0.4) is 0 Å². The zero-order valence-corrected chi connectivity index (χ0v) is 15.1. The minimum absolute atomic E-state index is 0.277. The Labute approximate surface area is 146 Å². The van der Waals surface area contributed by atoms with Crippen molar-refractivity contribution in [2.24, 2.45) is 0 Å². The quantitative estimate of drug-likeness (QED) is 0.725. The third-order valence-electron chi connectivity index (χ3n) is 3.89. The Bertz CT molecular complexity index is 711. The largest absolute Gasteiger partial charge is 0.416 e. The van der Waals surface area contributed by atoms with Gasteiger partial charge in [0.25, 0.3) is 8.53 Å². The minimum atomic E-state index is -4.46. The third-order valence-corrected chi connectivity index (χ3v) is 4.99. The Morgan fingerprint density at radius 3 is 2.00 bits per heavy atom. The van der Waals surface area contributed by atoms with E-state index in [1.165, 1.54) is 10.7 Å². The van der Waals surface area contributed by atoms with Crippen molar-refractivity contribution in [1.82, 2.24) is 4.67 Å². The molecule has 3 nitrogen and oxygen atoms in total. The fourth-order valence-corrected chi connectivity index (χ4v) is 3.72. The second-order valence-electron chi connectivity index (χ2n) is 6.18. The van der Waals surface area contributed by atoms with E-state index in [1.54, 1.807) is 32.0 Å². The maximum absolute atomic E-state index is 13.1. The number of nitrogens with zero attached hydrogens (tertiary/aromatic N) is 1. The van der Waals surface area contributed by atoms with Gasteiger partial charge in [-0.25, -0.2) is 4.67 Å². The summed E-state index contributed by atoms with van der Waals surface area (Å²) in [5.74, 6) is 0. The van der Waals surface area contributed by atoms with Crippen LogP contribution < -0.4 is 0 Å². The van der Waals surface area contributed by atoms with Crippen molar-refractivity contribution in [2.45, 2.75) is 39.0 Å². The van der Waals surface area contributed by atoms with Crippen LogP contribution in [0.5, 0.6) is 0 Å². The van der Waals surface area contributed by atoms with Gasteiger partial charge in [0.05, 0.1) is 11.6 Å². The Morgan fingerprint density at radius 1 is 0.960 bits per heavy atom. The number of aryl methyl sites for hydroxylation is 1. The highest BCUT2D eigenvalue weighted by molar-refractivity contribution is 7.42. The molecule has 1 unspecified atom stereocenters. The molecule has 25 heavy (non-hydrogen) atoms. The number of rotatable bonds is 5.